The molecule has 0 saturated carbocycles. The topological polar surface area (TPSA) is 118 Å². The fourth-order valence-electron chi connectivity index (χ4n) is 4.67. The van der Waals surface area contributed by atoms with Crippen molar-refractivity contribution >= 4 is 28.4 Å². The van der Waals surface area contributed by atoms with Gasteiger partial charge >= 0.3 is 0 Å². The quantitative estimate of drug-likeness (QED) is 0.315. The number of hydrogen-bond donors (Lipinski definition) is 4. The number of likely N-dealkylation sites (N-methyl/N-ethyl adjacent to an activating group) is 1. The van der Waals surface area contributed by atoms with Crippen molar-refractivity contribution in [3.63, 3.8) is 0 Å². The van der Waals surface area contributed by atoms with Crippen LogP contribution in [0.2, 0.25) is 0 Å². The lowest BCUT2D eigenvalue weighted by Crippen LogP contribution is -2.35. The van der Waals surface area contributed by atoms with Crippen molar-refractivity contribution < 1.29 is 19.4 Å². The van der Waals surface area contributed by atoms with Crippen LogP contribution in [0.3, 0.4) is 0 Å². The van der Waals surface area contributed by atoms with Crippen LogP contribution in [0.25, 0.3) is 11.0 Å². The number of aromatic amines is 1. The molecule has 4 aromatic rings. The maximum Gasteiger partial charge on any atom is 0.251 e. The van der Waals surface area contributed by atoms with Gasteiger partial charge in [0.25, 0.3) is 5.91 Å². The van der Waals surface area contributed by atoms with Gasteiger partial charge in [-0.3, -0.25) is 4.79 Å². The van der Waals surface area contributed by atoms with E-state index in [-0.39, 0.29) is 24.0 Å². The van der Waals surface area contributed by atoms with Crippen LogP contribution in [0, 0.1) is 5.82 Å². The van der Waals surface area contributed by atoms with E-state index in [9.17, 15) is 15.0 Å². The SMILES string of the molecule is CN(c1ccc(C(=O)NC(CO)c2ccc(O)cc2)cc1F)[C@@H]1CCN(c2ncnc3[nH]ccc23)C1. The average Bonchev–Trinajstić information content (AvgIpc) is 3.57. The number of carbonyl (C=O) groups is 1. The predicted octanol–water partition coefficient (Wildman–Crippen LogP) is 2.98. The maximum atomic E-state index is 15.2. The van der Waals surface area contributed by atoms with Crippen LogP contribution in [-0.4, -0.2) is 63.9 Å². The monoisotopic (exact) mass is 490 g/mol. The predicted molar refractivity (Wildman–Crippen MR) is 135 cm³/mol. The van der Waals surface area contributed by atoms with E-state index in [1.165, 1.54) is 24.5 Å². The highest BCUT2D eigenvalue weighted by molar-refractivity contribution is 5.95. The molecule has 1 aliphatic rings. The number of aliphatic hydroxyl groups is 1. The maximum absolute atomic E-state index is 15.2. The summed E-state index contributed by atoms with van der Waals surface area (Å²) in [7, 11) is 1.85. The molecule has 1 saturated heterocycles. The number of H-pyrrole nitrogens is 1. The molecule has 1 amide bonds. The van der Waals surface area contributed by atoms with E-state index >= 15 is 4.39 Å². The van der Waals surface area contributed by atoms with E-state index in [2.05, 4.69) is 25.2 Å². The number of anilines is 2. The van der Waals surface area contributed by atoms with Crippen LogP contribution in [0.5, 0.6) is 5.75 Å². The zero-order chi connectivity index (χ0) is 25.2. The number of amides is 1. The second kappa shape index (κ2) is 9.82. The second-order valence-corrected chi connectivity index (χ2v) is 8.90. The van der Waals surface area contributed by atoms with Gasteiger partial charge in [0.15, 0.2) is 0 Å². The Morgan fingerprint density at radius 2 is 2.06 bits per heavy atom. The van der Waals surface area contributed by atoms with Crippen molar-refractivity contribution in [3.05, 3.63) is 78.0 Å². The van der Waals surface area contributed by atoms with Crippen LogP contribution >= 0.6 is 0 Å². The van der Waals surface area contributed by atoms with Crippen molar-refractivity contribution in [2.24, 2.45) is 0 Å². The van der Waals surface area contributed by atoms with Gasteiger partial charge in [0.2, 0.25) is 0 Å². The Kier molecular flexibility index (Phi) is 6.43. The molecule has 0 spiro atoms. The molecular formula is C26H27FN6O3. The minimum Gasteiger partial charge on any atom is -0.508 e. The summed E-state index contributed by atoms with van der Waals surface area (Å²) in [5.41, 5.74) is 1.98. The molecule has 2 aromatic heterocycles. The number of aromatic hydroxyl groups is 1. The van der Waals surface area contributed by atoms with Crippen molar-refractivity contribution in [1.29, 1.82) is 0 Å². The Labute approximate surface area is 207 Å². The first-order valence-corrected chi connectivity index (χ1v) is 11.7. The minimum atomic E-state index is -0.679. The van der Waals surface area contributed by atoms with E-state index in [1.807, 2.05) is 24.2 Å². The number of benzene rings is 2. The Bertz CT molecular complexity index is 1380. The number of nitrogens with one attached hydrogen (secondary N) is 2. The zero-order valence-electron chi connectivity index (χ0n) is 19.7. The number of halogens is 1. The van der Waals surface area contributed by atoms with Crippen LogP contribution in [0.1, 0.15) is 28.4 Å². The third-order valence-corrected chi connectivity index (χ3v) is 6.72. The molecule has 1 aliphatic heterocycles. The molecular weight excluding hydrogens is 463 g/mol. The number of rotatable bonds is 7. The summed E-state index contributed by atoms with van der Waals surface area (Å²) in [5.74, 6) is -0.0502. The highest BCUT2D eigenvalue weighted by Crippen LogP contribution is 2.30. The number of fused-ring (bicyclic) bond motifs is 1. The molecule has 1 fully saturated rings. The van der Waals surface area contributed by atoms with Gasteiger partial charge < -0.3 is 30.3 Å². The number of aliphatic hydroxyl groups excluding tert-OH is 1. The lowest BCUT2D eigenvalue weighted by atomic mass is 10.1. The number of carbonyl (C=O) groups excluding carboxylic acids is 1. The lowest BCUT2D eigenvalue weighted by molar-refractivity contribution is 0.0915. The van der Waals surface area contributed by atoms with Gasteiger partial charge in [-0.2, -0.15) is 0 Å². The van der Waals surface area contributed by atoms with Crippen LogP contribution in [-0.2, 0) is 0 Å². The van der Waals surface area contributed by atoms with Gasteiger partial charge in [0, 0.05) is 37.9 Å². The van der Waals surface area contributed by atoms with E-state index < -0.39 is 17.8 Å². The number of nitrogens with zero attached hydrogens (tertiary/aromatic N) is 4. The third kappa shape index (κ3) is 4.55. The van der Waals surface area contributed by atoms with Crippen LogP contribution < -0.4 is 15.1 Å². The first-order chi connectivity index (χ1) is 17.4. The van der Waals surface area contributed by atoms with Crippen molar-refractivity contribution in [3.8, 4) is 5.75 Å². The number of phenols is 1. The standard InChI is InChI=1S/C26H27FN6O3/c1-32(18-9-11-33(13-18)25-20-8-10-28-24(20)29-15-30-25)23-7-4-17(12-21(23)27)26(36)31-22(14-34)16-2-5-19(35)6-3-16/h2-8,10,12,15,18,22,34-35H,9,11,13-14H2,1H3,(H,31,36)(H,28,29,30)/t18-,22?/m1/s1. The van der Waals surface area contributed by atoms with Gasteiger partial charge in [-0.05, 0) is 48.4 Å². The van der Waals surface area contributed by atoms with E-state index in [4.69, 9.17) is 0 Å². The highest BCUT2D eigenvalue weighted by Gasteiger charge is 2.29. The Morgan fingerprint density at radius 1 is 1.25 bits per heavy atom. The highest BCUT2D eigenvalue weighted by atomic mass is 19.1. The van der Waals surface area contributed by atoms with Crippen molar-refractivity contribution in [2.45, 2.75) is 18.5 Å². The average molecular weight is 491 g/mol. The van der Waals surface area contributed by atoms with E-state index in [1.54, 1.807) is 24.3 Å². The van der Waals surface area contributed by atoms with E-state index in [0.717, 1.165) is 29.8 Å². The van der Waals surface area contributed by atoms with Gasteiger partial charge in [-0.15, -0.1) is 0 Å². The molecule has 0 radical (unpaired) electrons. The summed E-state index contributed by atoms with van der Waals surface area (Å²) in [5, 5.41) is 22.8. The first-order valence-electron chi connectivity index (χ1n) is 11.7. The van der Waals surface area contributed by atoms with Gasteiger partial charge in [0.1, 0.15) is 29.4 Å². The molecule has 0 bridgehead atoms. The zero-order valence-corrected chi connectivity index (χ0v) is 19.7. The van der Waals surface area contributed by atoms with Gasteiger partial charge in [-0.25, -0.2) is 14.4 Å². The van der Waals surface area contributed by atoms with Crippen molar-refractivity contribution in [2.75, 3.05) is 36.5 Å². The first kappa shape index (κ1) is 23.6. The summed E-state index contributed by atoms with van der Waals surface area (Å²) in [6.07, 6.45) is 4.21. The summed E-state index contributed by atoms with van der Waals surface area (Å²) in [4.78, 5) is 28.6. The van der Waals surface area contributed by atoms with Crippen LogP contribution in [0.4, 0.5) is 15.9 Å². The Morgan fingerprint density at radius 3 is 2.81 bits per heavy atom. The van der Waals surface area contributed by atoms with Crippen molar-refractivity contribution in [1.82, 2.24) is 20.3 Å². The molecule has 2 atom stereocenters. The summed E-state index contributed by atoms with van der Waals surface area (Å²) < 4.78 is 15.2. The molecule has 2 aromatic carbocycles. The minimum absolute atomic E-state index is 0.0661. The smallest absolute Gasteiger partial charge is 0.251 e. The van der Waals surface area contributed by atoms with Gasteiger partial charge in [-0.1, -0.05) is 12.1 Å². The molecule has 5 rings (SSSR count). The number of hydrogen-bond acceptors (Lipinski definition) is 7. The summed E-state index contributed by atoms with van der Waals surface area (Å²) >= 11 is 0. The normalized spacial score (nSPS) is 16.3. The van der Waals surface area contributed by atoms with E-state index in [0.29, 0.717) is 17.8 Å². The molecule has 9 nitrogen and oxygen atoms in total. The number of phenolic OH excluding ortho intramolecular Hbond substituents is 1. The Balaban J connectivity index is 1.27. The molecule has 1 unspecified atom stereocenters. The summed E-state index contributed by atoms with van der Waals surface area (Å²) in [6, 6.07) is 11.9. The lowest BCUT2D eigenvalue weighted by Gasteiger charge is -2.28. The molecule has 4 N–H and O–H groups in total. The fourth-order valence-corrected chi connectivity index (χ4v) is 4.67. The fraction of sp³-hybridized carbons (Fsp3) is 0.269. The van der Waals surface area contributed by atoms with Crippen LogP contribution in [0.15, 0.2) is 61.1 Å². The Hall–Kier alpha value is -4.18. The molecule has 0 aliphatic carbocycles. The summed E-state index contributed by atoms with van der Waals surface area (Å²) in [6.45, 7) is 1.13. The third-order valence-electron chi connectivity index (χ3n) is 6.72. The second-order valence-electron chi connectivity index (χ2n) is 8.90. The van der Waals surface area contributed by atoms with Gasteiger partial charge in [0.05, 0.1) is 23.7 Å². The number of aromatic nitrogens is 3. The molecule has 186 valence electrons. The molecule has 36 heavy (non-hydrogen) atoms. The molecule has 10 heteroatoms. The largest absolute Gasteiger partial charge is 0.508 e. The molecule has 3 heterocycles.